The smallest absolute Gasteiger partial charge is 0.271 e. The first-order valence-electron chi connectivity index (χ1n) is 7.94. The van der Waals surface area contributed by atoms with Crippen LogP contribution in [0.2, 0.25) is 0 Å². The molecule has 0 saturated heterocycles. The summed E-state index contributed by atoms with van der Waals surface area (Å²) in [5.41, 5.74) is 1.35. The molecular weight excluding hydrogens is 354 g/mol. The van der Waals surface area contributed by atoms with Crippen molar-refractivity contribution in [3.63, 3.8) is 0 Å². The zero-order valence-corrected chi connectivity index (χ0v) is 15.2. The largest absolute Gasteiger partial charge is 0.483 e. The van der Waals surface area contributed by atoms with E-state index in [4.69, 9.17) is 17.0 Å². The van der Waals surface area contributed by atoms with Crippen molar-refractivity contribution in [3.8, 4) is 5.75 Å². The first kappa shape index (κ1) is 19.3. The van der Waals surface area contributed by atoms with Gasteiger partial charge in [-0.2, -0.15) is 0 Å². The first-order valence-corrected chi connectivity index (χ1v) is 8.34. The molecule has 2 aromatic carbocycles. The van der Waals surface area contributed by atoms with Gasteiger partial charge in [-0.05, 0) is 35.8 Å². The zero-order chi connectivity index (χ0) is 19.1. The molecule has 2 aromatic rings. The van der Waals surface area contributed by atoms with Gasteiger partial charge in [0, 0.05) is 17.8 Å². The van der Waals surface area contributed by atoms with E-state index >= 15 is 0 Å². The molecule has 0 aromatic heterocycles. The van der Waals surface area contributed by atoms with Crippen LogP contribution in [0.4, 0.5) is 11.4 Å². The second kappa shape index (κ2) is 8.91. The van der Waals surface area contributed by atoms with Crippen LogP contribution in [0.15, 0.2) is 48.5 Å². The molecule has 0 atom stereocenters. The average Bonchev–Trinajstić information content (AvgIpc) is 2.60. The van der Waals surface area contributed by atoms with Crippen LogP contribution in [0.1, 0.15) is 25.3 Å². The molecular formula is C18H19N3O4S. The minimum atomic E-state index is -0.507. The van der Waals surface area contributed by atoms with Gasteiger partial charge >= 0.3 is 0 Å². The molecule has 136 valence electrons. The fourth-order valence-electron chi connectivity index (χ4n) is 2.25. The Kier molecular flexibility index (Phi) is 6.62. The van der Waals surface area contributed by atoms with Gasteiger partial charge in [0.15, 0.2) is 11.7 Å². The van der Waals surface area contributed by atoms with Gasteiger partial charge < -0.3 is 10.1 Å². The minimum absolute atomic E-state index is 0.0382. The van der Waals surface area contributed by atoms with Gasteiger partial charge in [-0.3, -0.25) is 20.2 Å². The lowest BCUT2D eigenvalue weighted by molar-refractivity contribution is -0.384. The van der Waals surface area contributed by atoms with Crippen LogP contribution in [0.3, 0.4) is 0 Å². The van der Waals surface area contributed by atoms with Crippen molar-refractivity contribution in [3.05, 3.63) is 64.2 Å². The third kappa shape index (κ3) is 5.52. The summed E-state index contributed by atoms with van der Waals surface area (Å²) >= 11 is 5.05. The van der Waals surface area contributed by atoms with Crippen molar-refractivity contribution in [2.24, 2.45) is 0 Å². The van der Waals surface area contributed by atoms with E-state index in [1.807, 2.05) is 38.1 Å². The summed E-state index contributed by atoms with van der Waals surface area (Å²) in [6.45, 7) is 3.89. The third-order valence-electron chi connectivity index (χ3n) is 3.47. The Morgan fingerprint density at radius 2 is 1.96 bits per heavy atom. The number of nitrogens with one attached hydrogen (secondary N) is 2. The summed E-state index contributed by atoms with van der Waals surface area (Å²) in [6, 6.07) is 13.3. The Hall–Kier alpha value is -3.00. The maximum atomic E-state index is 12.0. The Morgan fingerprint density at radius 3 is 2.65 bits per heavy atom. The van der Waals surface area contributed by atoms with E-state index < -0.39 is 10.8 Å². The lowest BCUT2D eigenvalue weighted by Gasteiger charge is -2.14. The van der Waals surface area contributed by atoms with Crippen molar-refractivity contribution >= 4 is 34.6 Å². The summed E-state index contributed by atoms with van der Waals surface area (Å²) in [5.74, 6) is 0.493. The number of thiocarbonyl (C=S) groups is 1. The molecule has 0 aliphatic heterocycles. The summed E-state index contributed by atoms with van der Waals surface area (Å²) < 4.78 is 5.57. The molecule has 26 heavy (non-hydrogen) atoms. The number of carbonyl (C=O) groups is 1. The van der Waals surface area contributed by atoms with Crippen molar-refractivity contribution in [1.29, 1.82) is 0 Å². The van der Waals surface area contributed by atoms with Gasteiger partial charge in [-0.1, -0.05) is 38.1 Å². The van der Waals surface area contributed by atoms with E-state index in [0.717, 1.165) is 5.56 Å². The van der Waals surface area contributed by atoms with Crippen LogP contribution in [-0.4, -0.2) is 22.5 Å². The fourth-order valence-corrected chi connectivity index (χ4v) is 2.49. The number of ether oxygens (including phenoxy) is 1. The van der Waals surface area contributed by atoms with Crippen molar-refractivity contribution in [2.75, 3.05) is 11.9 Å². The topological polar surface area (TPSA) is 93.5 Å². The average molecular weight is 373 g/mol. The quantitative estimate of drug-likeness (QED) is 0.456. The maximum absolute atomic E-state index is 12.0. The first-order chi connectivity index (χ1) is 12.4. The number of hydrogen-bond acceptors (Lipinski definition) is 5. The number of non-ortho nitro benzene ring substituents is 1. The predicted molar refractivity (Wildman–Crippen MR) is 103 cm³/mol. The van der Waals surface area contributed by atoms with E-state index in [0.29, 0.717) is 11.4 Å². The van der Waals surface area contributed by atoms with Gasteiger partial charge in [0.25, 0.3) is 11.6 Å². The highest BCUT2D eigenvalue weighted by atomic mass is 32.1. The molecule has 0 heterocycles. The highest BCUT2D eigenvalue weighted by Gasteiger charge is 2.11. The number of rotatable bonds is 6. The number of amides is 1. The number of anilines is 1. The molecule has 7 nitrogen and oxygen atoms in total. The number of benzene rings is 2. The minimum Gasteiger partial charge on any atom is -0.483 e. The number of para-hydroxylation sites is 1. The van der Waals surface area contributed by atoms with Crippen LogP contribution < -0.4 is 15.4 Å². The van der Waals surface area contributed by atoms with E-state index in [1.54, 1.807) is 6.07 Å². The van der Waals surface area contributed by atoms with Crippen LogP contribution in [0.5, 0.6) is 5.75 Å². The second-order valence-corrected chi connectivity index (χ2v) is 6.20. The molecule has 1 amide bonds. The number of nitrogens with zero attached hydrogens (tertiary/aromatic N) is 1. The monoisotopic (exact) mass is 373 g/mol. The molecule has 2 N–H and O–H groups in total. The lowest BCUT2D eigenvalue weighted by Crippen LogP contribution is -2.37. The summed E-state index contributed by atoms with van der Waals surface area (Å²) in [4.78, 5) is 22.3. The number of carbonyl (C=O) groups excluding carboxylic acids is 1. The van der Waals surface area contributed by atoms with E-state index in [1.165, 1.54) is 18.2 Å². The second-order valence-electron chi connectivity index (χ2n) is 5.79. The van der Waals surface area contributed by atoms with Crippen molar-refractivity contribution < 1.29 is 14.5 Å². The van der Waals surface area contributed by atoms with E-state index in [-0.39, 0.29) is 23.3 Å². The normalized spacial score (nSPS) is 10.3. The van der Waals surface area contributed by atoms with E-state index in [2.05, 4.69) is 10.6 Å². The molecule has 0 saturated carbocycles. The molecule has 0 aliphatic carbocycles. The lowest BCUT2D eigenvalue weighted by atomic mass is 10.0. The number of nitro benzene ring substituents is 1. The van der Waals surface area contributed by atoms with Gasteiger partial charge in [-0.25, -0.2) is 0 Å². The van der Waals surface area contributed by atoms with Gasteiger partial charge in [0.05, 0.1) is 4.92 Å². The van der Waals surface area contributed by atoms with Crippen LogP contribution >= 0.6 is 12.2 Å². The van der Waals surface area contributed by atoms with Crippen LogP contribution in [0, 0.1) is 10.1 Å². The van der Waals surface area contributed by atoms with E-state index in [9.17, 15) is 14.9 Å². The standard InChI is InChI=1S/C18H19N3O4S/c1-12(2)15-8-3-4-9-16(15)25-11-17(22)20-18(26)19-13-6-5-7-14(10-13)21(23)24/h3-10,12H,11H2,1-2H3,(H2,19,20,22,26). The highest BCUT2D eigenvalue weighted by molar-refractivity contribution is 7.80. The third-order valence-corrected chi connectivity index (χ3v) is 3.67. The van der Waals surface area contributed by atoms with Crippen LogP contribution in [0.25, 0.3) is 0 Å². The van der Waals surface area contributed by atoms with Gasteiger partial charge in [0.2, 0.25) is 0 Å². The Balaban J connectivity index is 1.89. The SMILES string of the molecule is CC(C)c1ccccc1OCC(=O)NC(=S)Nc1cccc([N+](=O)[O-])c1. The molecule has 0 bridgehead atoms. The molecule has 0 spiro atoms. The van der Waals surface area contributed by atoms with Crippen LogP contribution in [-0.2, 0) is 4.79 Å². The molecule has 0 unspecified atom stereocenters. The van der Waals surface area contributed by atoms with Gasteiger partial charge in [0.1, 0.15) is 5.75 Å². The molecule has 8 heteroatoms. The Morgan fingerprint density at radius 1 is 1.23 bits per heavy atom. The zero-order valence-electron chi connectivity index (χ0n) is 14.4. The van der Waals surface area contributed by atoms with Crippen molar-refractivity contribution in [1.82, 2.24) is 5.32 Å². The maximum Gasteiger partial charge on any atom is 0.271 e. The fraction of sp³-hybridized carbons (Fsp3) is 0.222. The summed E-state index contributed by atoms with van der Waals surface area (Å²) in [7, 11) is 0. The summed E-state index contributed by atoms with van der Waals surface area (Å²) in [5, 5.41) is 16.0. The van der Waals surface area contributed by atoms with Crippen molar-refractivity contribution in [2.45, 2.75) is 19.8 Å². The number of hydrogen-bond donors (Lipinski definition) is 2. The molecule has 0 radical (unpaired) electrons. The highest BCUT2D eigenvalue weighted by Crippen LogP contribution is 2.25. The Bertz CT molecular complexity index is 824. The Labute approximate surface area is 156 Å². The molecule has 2 rings (SSSR count). The summed E-state index contributed by atoms with van der Waals surface area (Å²) in [6.07, 6.45) is 0. The molecule has 0 fully saturated rings. The predicted octanol–water partition coefficient (Wildman–Crippen LogP) is 3.61. The molecule has 0 aliphatic rings. The van der Waals surface area contributed by atoms with Gasteiger partial charge in [-0.15, -0.1) is 0 Å². The number of nitro groups is 1.